The van der Waals surface area contributed by atoms with E-state index < -0.39 is 0 Å². The van der Waals surface area contributed by atoms with E-state index in [9.17, 15) is 9.59 Å². The number of amides is 2. The number of carbonyl (C=O) groups is 2. The lowest BCUT2D eigenvalue weighted by Crippen LogP contribution is -2.40. The number of nitrogens with one attached hydrogen (secondary N) is 1. The molecule has 2 N–H and O–H groups in total. The van der Waals surface area contributed by atoms with E-state index >= 15 is 0 Å². The predicted molar refractivity (Wildman–Crippen MR) is 70.9 cm³/mol. The maximum absolute atomic E-state index is 11.9. The maximum Gasteiger partial charge on any atom is 0.244 e. The highest BCUT2D eigenvalue weighted by atomic mass is 32.2. The predicted octanol–water partition coefficient (Wildman–Crippen LogP) is 1.08. The number of nitrogens with zero attached hydrogens (tertiary/aromatic N) is 1. The van der Waals surface area contributed by atoms with Gasteiger partial charge in [-0.25, -0.2) is 4.90 Å². The molecule has 1 aromatic carbocycles. The lowest BCUT2D eigenvalue weighted by Gasteiger charge is -2.27. The van der Waals surface area contributed by atoms with E-state index in [0.29, 0.717) is 5.69 Å². The summed E-state index contributed by atoms with van der Waals surface area (Å²) in [6.07, 6.45) is -0.0420. The molecule has 0 unspecified atom stereocenters. The molecular weight excluding hydrogens is 252 g/mol. The van der Waals surface area contributed by atoms with Gasteiger partial charge in [-0.15, -0.1) is 11.8 Å². The summed E-state index contributed by atoms with van der Waals surface area (Å²) < 4.78 is 0. The van der Waals surface area contributed by atoms with E-state index in [2.05, 4.69) is 5.32 Å². The molecule has 0 aliphatic carbocycles. The van der Waals surface area contributed by atoms with Crippen LogP contribution in [0.3, 0.4) is 0 Å². The molecule has 2 amide bonds. The van der Waals surface area contributed by atoms with Crippen molar-refractivity contribution in [1.29, 1.82) is 0 Å². The Kier molecular flexibility index (Phi) is 3.88. The van der Waals surface area contributed by atoms with Crippen LogP contribution < -0.4 is 10.2 Å². The summed E-state index contributed by atoms with van der Waals surface area (Å²) in [5, 5.41) is 11.8. The summed E-state index contributed by atoms with van der Waals surface area (Å²) in [5.41, 5.74) is 1.44. The molecule has 1 aromatic rings. The number of fused-ring (bicyclic) bond motifs is 1. The van der Waals surface area contributed by atoms with E-state index in [1.807, 2.05) is 12.1 Å². The Bertz CT molecular complexity index is 490. The van der Waals surface area contributed by atoms with Crippen molar-refractivity contribution in [3.8, 4) is 0 Å². The minimum atomic E-state index is -0.364. The number of carbonyl (C=O) groups excluding carboxylic acids is 2. The van der Waals surface area contributed by atoms with Crippen molar-refractivity contribution in [2.45, 2.75) is 11.3 Å². The molecule has 5 nitrogen and oxygen atoms in total. The molecule has 0 fully saturated rings. The molecule has 1 aliphatic rings. The first kappa shape index (κ1) is 12.9. The van der Waals surface area contributed by atoms with E-state index in [0.717, 1.165) is 10.6 Å². The molecule has 96 valence electrons. The van der Waals surface area contributed by atoms with Crippen molar-refractivity contribution in [3.63, 3.8) is 0 Å². The summed E-state index contributed by atoms with van der Waals surface area (Å²) in [5.74, 6) is -0.347. The average Bonchev–Trinajstić information content (AvgIpc) is 2.38. The topological polar surface area (TPSA) is 69.6 Å². The average molecular weight is 266 g/mol. The van der Waals surface area contributed by atoms with Crippen LogP contribution >= 0.6 is 11.8 Å². The van der Waals surface area contributed by atoms with Crippen LogP contribution in [0.1, 0.15) is 6.42 Å². The second kappa shape index (κ2) is 5.41. The van der Waals surface area contributed by atoms with Gasteiger partial charge in [0.05, 0.1) is 24.5 Å². The lowest BCUT2D eigenvalue weighted by molar-refractivity contribution is -0.125. The summed E-state index contributed by atoms with van der Waals surface area (Å²) in [4.78, 5) is 25.8. The zero-order valence-electron chi connectivity index (χ0n) is 9.97. The molecule has 0 atom stereocenters. The Morgan fingerprint density at radius 3 is 3.00 bits per heavy atom. The van der Waals surface area contributed by atoms with Gasteiger partial charge in [0.15, 0.2) is 0 Å². The Morgan fingerprint density at radius 1 is 1.56 bits per heavy atom. The number of benzene rings is 1. The zero-order valence-corrected chi connectivity index (χ0v) is 10.8. The van der Waals surface area contributed by atoms with Gasteiger partial charge in [0.25, 0.3) is 0 Å². The van der Waals surface area contributed by atoms with E-state index in [4.69, 9.17) is 5.11 Å². The molecule has 0 bridgehead atoms. The van der Waals surface area contributed by atoms with Gasteiger partial charge in [-0.1, -0.05) is 0 Å². The molecule has 0 aromatic heterocycles. The van der Waals surface area contributed by atoms with Crippen molar-refractivity contribution in [2.75, 3.05) is 29.6 Å². The molecule has 1 aliphatic heterocycles. The number of hydrogen-bond acceptors (Lipinski definition) is 5. The third-order valence-corrected chi connectivity index (χ3v) is 3.71. The molecule has 0 spiro atoms. The second-order valence-corrected chi connectivity index (χ2v) is 4.83. The summed E-state index contributed by atoms with van der Waals surface area (Å²) in [6.45, 7) is -0.253. The Labute approximate surface area is 109 Å². The number of hydrogen-bond donors (Lipinski definition) is 2. The minimum absolute atomic E-state index is 0.0420. The number of thioether (sulfide) groups is 1. The molecule has 0 radical (unpaired) electrons. The van der Waals surface area contributed by atoms with E-state index in [1.165, 1.54) is 16.7 Å². The standard InChI is InChI=1S/C12H14N2O3S/c1-13-8-2-3-10-9(6-8)14(11(16)4-5-15)12(17)7-18-10/h2-3,6,13,15H,4-5,7H2,1H3. The van der Waals surface area contributed by atoms with Crippen LogP contribution in [-0.2, 0) is 9.59 Å². The fourth-order valence-corrected chi connectivity index (χ4v) is 2.66. The van der Waals surface area contributed by atoms with Crippen LogP contribution in [0.5, 0.6) is 0 Å². The van der Waals surface area contributed by atoms with Gasteiger partial charge in [0, 0.05) is 17.6 Å². The largest absolute Gasteiger partial charge is 0.396 e. The highest BCUT2D eigenvalue weighted by molar-refractivity contribution is 8.00. The van der Waals surface area contributed by atoms with Crippen molar-refractivity contribution in [1.82, 2.24) is 0 Å². The van der Waals surface area contributed by atoms with Crippen molar-refractivity contribution < 1.29 is 14.7 Å². The zero-order chi connectivity index (χ0) is 13.1. The van der Waals surface area contributed by atoms with Crippen LogP contribution in [0.15, 0.2) is 23.1 Å². The molecular formula is C12H14N2O3S. The smallest absolute Gasteiger partial charge is 0.244 e. The van der Waals surface area contributed by atoms with Crippen LogP contribution in [0.25, 0.3) is 0 Å². The summed E-state index contributed by atoms with van der Waals surface area (Å²) in [6, 6.07) is 5.56. The number of anilines is 2. The third kappa shape index (κ3) is 2.34. The normalized spacial score (nSPS) is 14.3. The highest BCUT2D eigenvalue weighted by Gasteiger charge is 2.29. The Morgan fingerprint density at radius 2 is 2.33 bits per heavy atom. The third-order valence-electron chi connectivity index (χ3n) is 2.66. The summed E-state index contributed by atoms with van der Waals surface area (Å²) in [7, 11) is 1.78. The van der Waals surface area contributed by atoms with E-state index in [-0.39, 0.29) is 30.6 Å². The van der Waals surface area contributed by atoms with Gasteiger partial charge in [0.2, 0.25) is 11.8 Å². The van der Waals surface area contributed by atoms with Crippen molar-refractivity contribution in [3.05, 3.63) is 18.2 Å². The molecule has 6 heteroatoms. The number of aliphatic hydroxyl groups excluding tert-OH is 1. The van der Waals surface area contributed by atoms with Crippen LogP contribution in [0.2, 0.25) is 0 Å². The van der Waals surface area contributed by atoms with Gasteiger partial charge in [-0.05, 0) is 18.2 Å². The monoisotopic (exact) mass is 266 g/mol. The van der Waals surface area contributed by atoms with Crippen LogP contribution in [0, 0.1) is 0 Å². The first-order valence-corrected chi connectivity index (χ1v) is 6.57. The highest BCUT2D eigenvalue weighted by Crippen LogP contribution is 2.37. The fourth-order valence-electron chi connectivity index (χ4n) is 1.79. The van der Waals surface area contributed by atoms with Gasteiger partial charge < -0.3 is 10.4 Å². The quantitative estimate of drug-likeness (QED) is 0.856. The number of aliphatic hydroxyl groups is 1. The van der Waals surface area contributed by atoms with Crippen molar-refractivity contribution in [2.24, 2.45) is 0 Å². The fraction of sp³-hybridized carbons (Fsp3) is 0.333. The number of rotatable bonds is 3. The molecule has 0 saturated heterocycles. The first-order chi connectivity index (χ1) is 8.67. The van der Waals surface area contributed by atoms with Crippen molar-refractivity contribution >= 4 is 35.0 Å². The molecule has 1 heterocycles. The summed E-state index contributed by atoms with van der Waals surface area (Å²) >= 11 is 1.42. The lowest BCUT2D eigenvalue weighted by atomic mass is 10.2. The second-order valence-electron chi connectivity index (χ2n) is 3.82. The molecule has 18 heavy (non-hydrogen) atoms. The van der Waals surface area contributed by atoms with Gasteiger partial charge in [-0.3, -0.25) is 9.59 Å². The van der Waals surface area contributed by atoms with Gasteiger partial charge in [0.1, 0.15) is 0 Å². The number of imide groups is 1. The Hall–Kier alpha value is -1.53. The van der Waals surface area contributed by atoms with Gasteiger partial charge in [-0.2, -0.15) is 0 Å². The SMILES string of the molecule is CNc1ccc2c(c1)N(C(=O)CCO)C(=O)CS2. The van der Waals surface area contributed by atoms with E-state index in [1.54, 1.807) is 13.1 Å². The molecule has 0 saturated carbocycles. The van der Waals surface area contributed by atoms with Gasteiger partial charge >= 0.3 is 0 Å². The van der Waals surface area contributed by atoms with Crippen LogP contribution in [-0.4, -0.2) is 36.3 Å². The first-order valence-electron chi connectivity index (χ1n) is 5.58. The van der Waals surface area contributed by atoms with Crippen LogP contribution in [0.4, 0.5) is 11.4 Å². The minimum Gasteiger partial charge on any atom is -0.396 e. The molecule has 2 rings (SSSR count). The Balaban J connectivity index is 2.42. The maximum atomic E-state index is 11.9.